The van der Waals surface area contributed by atoms with Crippen LogP contribution in [0.3, 0.4) is 0 Å². The van der Waals surface area contributed by atoms with Crippen LogP contribution in [0.4, 0.5) is 9.59 Å². The van der Waals surface area contributed by atoms with Crippen LogP contribution in [0.1, 0.15) is 24.5 Å². The van der Waals surface area contributed by atoms with Gasteiger partial charge in [-0.2, -0.15) is 0 Å². The number of amides is 2. The molecule has 18 heteroatoms. The number of carbonyl (C=O) groups excluding carboxylic acids is 2. The molecule has 2 aromatic rings. The molecule has 6 unspecified atom stereocenters. The van der Waals surface area contributed by atoms with Crippen molar-refractivity contribution < 1.29 is 73.8 Å². The number of hydrogen-bond donors (Lipinski definition) is 10. The van der Waals surface area contributed by atoms with E-state index in [2.05, 4.69) is 10.6 Å². The first-order valence-corrected chi connectivity index (χ1v) is 17.4. The van der Waals surface area contributed by atoms with E-state index in [9.17, 15) is 45.3 Å². The Hall–Kier alpha value is -3.50. The molecule has 18 nitrogen and oxygen atoms in total. The van der Waals surface area contributed by atoms with Gasteiger partial charge in [0.1, 0.15) is 68.1 Å². The lowest BCUT2D eigenvalue weighted by Gasteiger charge is -2.48. The summed E-state index contributed by atoms with van der Waals surface area (Å²) in [6, 6.07) is 15.6. The Morgan fingerprint density at radius 2 is 1.26 bits per heavy atom. The summed E-state index contributed by atoms with van der Waals surface area (Å²) in [4.78, 5) is 25.4. The zero-order chi connectivity index (χ0) is 38.2. The van der Waals surface area contributed by atoms with E-state index in [1.807, 2.05) is 6.07 Å². The number of ether oxygens (including phenoxy) is 6. The van der Waals surface area contributed by atoms with Crippen LogP contribution in [0.25, 0.3) is 0 Å². The predicted octanol–water partition coefficient (Wildman–Crippen LogP) is -2.05. The Labute approximate surface area is 305 Å². The topological polar surface area (TPSA) is 281 Å². The second-order valence-corrected chi connectivity index (χ2v) is 13.4. The molecule has 0 aromatic heterocycles. The maximum Gasteiger partial charge on any atom is 0.407 e. The van der Waals surface area contributed by atoms with Crippen LogP contribution in [-0.4, -0.2) is 147 Å². The van der Waals surface area contributed by atoms with Crippen molar-refractivity contribution in [3.63, 3.8) is 0 Å². The predicted molar refractivity (Wildman–Crippen MR) is 180 cm³/mol. The van der Waals surface area contributed by atoms with Crippen molar-refractivity contribution in [1.82, 2.24) is 10.6 Å². The molecule has 11 N–H and O–H groups in total. The Morgan fingerprint density at radius 1 is 0.717 bits per heavy atom. The quantitative estimate of drug-likeness (QED) is 0.112. The van der Waals surface area contributed by atoms with Gasteiger partial charge in [0.05, 0.1) is 18.8 Å². The van der Waals surface area contributed by atoms with E-state index in [4.69, 9.17) is 34.2 Å². The van der Waals surface area contributed by atoms with Gasteiger partial charge in [0.25, 0.3) is 0 Å². The molecule has 294 valence electrons. The number of rotatable bonds is 12. The molecule has 3 fully saturated rings. The number of nitrogens with two attached hydrogens (primary N) is 1. The standard InChI is InChI=1S/C35H49N3O15/c1-17-24(40)23(14-39)51-32(25(17)41)52-30-20(36)12-21(38-35(47)49-16-19-10-6-3-7-11-19)31(29(30)45)53-33-28(44)27(43)26(42)22(50-33)13-37-34(46)48-15-18-8-4-2-5-9-18/h2-11,17,20-33,39-45H,12-16,36H2,1H3,(H,37,46)(H,38,47)/t17-,20+,21?,22?,23-,24?,25+,26-,27-,28?,29+,30?,31-,32?,33-/m0/s1. The van der Waals surface area contributed by atoms with Gasteiger partial charge in [-0.1, -0.05) is 67.6 Å². The highest BCUT2D eigenvalue weighted by Crippen LogP contribution is 2.33. The summed E-state index contributed by atoms with van der Waals surface area (Å²) < 4.78 is 33.9. The SMILES string of the molecule is C[C@H]1C(O)[C@H](CO)OC(OC2[C@H](N)CC(NC(=O)OCc3ccccc3)[C@H](O[C@@H]3OC(CNC(=O)OCc4ccccc4)[C@H](O)[C@H](O)C3O)[C@@H]2O)[C@@H]1O. The fourth-order valence-electron chi connectivity index (χ4n) is 6.50. The maximum absolute atomic E-state index is 13.0. The van der Waals surface area contributed by atoms with Gasteiger partial charge in [-0.3, -0.25) is 0 Å². The van der Waals surface area contributed by atoms with Crippen LogP contribution in [0.15, 0.2) is 60.7 Å². The molecule has 15 atom stereocenters. The fourth-order valence-corrected chi connectivity index (χ4v) is 6.50. The largest absolute Gasteiger partial charge is 0.445 e. The van der Waals surface area contributed by atoms with Crippen molar-refractivity contribution in [3.8, 4) is 0 Å². The molecule has 3 aliphatic rings. The highest BCUT2D eigenvalue weighted by Gasteiger charge is 2.52. The number of hydrogen-bond acceptors (Lipinski definition) is 16. The van der Waals surface area contributed by atoms with Gasteiger partial charge in [0.2, 0.25) is 0 Å². The van der Waals surface area contributed by atoms with Crippen LogP contribution >= 0.6 is 0 Å². The van der Waals surface area contributed by atoms with Gasteiger partial charge >= 0.3 is 12.2 Å². The number of carbonyl (C=O) groups is 2. The van der Waals surface area contributed by atoms with E-state index in [1.165, 1.54) is 6.92 Å². The summed E-state index contributed by atoms with van der Waals surface area (Å²) in [5.41, 5.74) is 7.86. The van der Waals surface area contributed by atoms with Crippen molar-refractivity contribution in [2.75, 3.05) is 13.2 Å². The van der Waals surface area contributed by atoms with Crippen LogP contribution < -0.4 is 16.4 Å². The van der Waals surface area contributed by atoms with E-state index in [0.29, 0.717) is 5.56 Å². The van der Waals surface area contributed by atoms with Crippen molar-refractivity contribution in [2.24, 2.45) is 11.7 Å². The summed E-state index contributed by atoms with van der Waals surface area (Å²) in [5, 5.41) is 80.0. The molecular weight excluding hydrogens is 702 g/mol. The van der Waals surface area contributed by atoms with E-state index in [-0.39, 0.29) is 26.2 Å². The fraction of sp³-hybridized carbons (Fsp3) is 0.600. The second-order valence-electron chi connectivity index (χ2n) is 13.4. The Kier molecular flexibility index (Phi) is 14.4. The molecular formula is C35H49N3O15. The van der Waals surface area contributed by atoms with Crippen LogP contribution in [0, 0.1) is 5.92 Å². The Balaban J connectivity index is 1.29. The van der Waals surface area contributed by atoms with Crippen molar-refractivity contribution >= 4 is 12.2 Å². The molecule has 0 radical (unpaired) electrons. The van der Waals surface area contributed by atoms with Gasteiger partial charge in [0, 0.05) is 18.5 Å². The number of aliphatic hydroxyl groups is 7. The van der Waals surface area contributed by atoms with Crippen molar-refractivity contribution in [1.29, 1.82) is 0 Å². The molecule has 2 saturated heterocycles. The first kappa shape index (κ1) is 40.7. The normalized spacial score (nSPS) is 37.3. The Bertz CT molecular complexity index is 1440. The van der Waals surface area contributed by atoms with Crippen LogP contribution in [0.5, 0.6) is 0 Å². The zero-order valence-electron chi connectivity index (χ0n) is 28.9. The average molecular weight is 752 g/mol. The third kappa shape index (κ3) is 10.2. The van der Waals surface area contributed by atoms with E-state index >= 15 is 0 Å². The highest BCUT2D eigenvalue weighted by molar-refractivity contribution is 5.68. The number of benzene rings is 2. The van der Waals surface area contributed by atoms with Crippen LogP contribution in [0.2, 0.25) is 0 Å². The lowest BCUT2D eigenvalue weighted by molar-refractivity contribution is -0.336. The maximum atomic E-state index is 13.0. The molecule has 1 aliphatic carbocycles. The number of nitrogens with one attached hydrogen (secondary N) is 2. The van der Waals surface area contributed by atoms with Gasteiger partial charge in [0.15, 0.2) is 12.6 Å². The number of aliphatic hydroxyl groups excluding tert-OH is 7. The molecule has 0 spiro atoms. The minimum atomic E-state index is -1.88. The first-order chi connectivity index (χ1) is 25.4. The summed E-state index contributed by atoms with van der Waals surface area (Å²) in [6.45, 7) is 0.421. The molecule has 2 heterocycles. The van der Waals surface area contributed by atoms with Crippen molar-refractivity contribution in [3.05, 3.63) is 71.8 Å². The lowest BCUT2D eigenvalue weighted by atomic mass is 9.83. The smallest absolute Gasteiger partial charge is 0.407 e. The monoisotopic (exact) mass is 751 g/mol. The number of alkyl carbamates (subject to hydrolysis) is 2. The molecule has 2 amide bonds. The molecule has 53 heavy (non-hydrogen) atoms. The van der Waals surface area contributed by atoms with Gasteiger partial charge in [-0.25, -0.2) is 9.59 Å². The first-order valence-electron chi connectivity index (χ1n) is 17.4. The summed E-state index contributed by atoms with van der Waals surface area (Å²) in [5.74, 6) is -0.802. The summed E-state index contributed by atoms with van der Waals surface area (Å²) >= 11 is 0. The van der Waals surface area contributed by atoms with Gasteiger partial charge < -0.3 is 80.5 Å². The third-order valence-corrected chi connectivity index (χ3v) is 9.67. The van der Waals surface area contributed by atoms with Gasteiger partial charge in [-0.05, 0) is 17.5 Å². The molecule has 2 aliphatic heterocycles. The molecule has 1 saturated carbocycles. The van der Waals surface area contributed by atoms with E-state index in [1.54, 1.807) is 54.6 Å². The summed E-state index contributed by atoms with van der Waals surface area (Å²) in [7, 11) is 0. The molecule has 5 rings (SSSR count). The van der Waals surface area contributed by atoms with E-state index in [0.717, 1.165) is 5.56 Å². The van der Waals surface area contributed by atoms with E-state index < -0.39 is 110 Å². The lowest BCUT2D eigenvalue weighted by Crippen LogP contribution is -2.68. The zero-order valence-corrected chi connectivity index (χ0v) is 28.9. The minimum absolute atomic E-state index is 0.0377. The second kappa shape index (κ2) is 18.7. The Morgan fingerprint density at radius 3 is 1.87 bits per heavy atom. The molecule has 2 aromatic carbocycles. The minimum Gasteiger partial charge on any atom is -0.445 e. The van der Waals surface area contributed by atoms with Crippen molar-refractivity contribution in [2.45, 2.75) is 112 Å². The van der Waals surface area contributed by atoms with Gasteiger partial charge in [-0.15, -0.1) is 0 Å². The third-order valence-electron chi connectivity index (χ3n) is 9.67. The highest BCUT2D eigenvalue weighted by atomic mass is 16.7. The molecule has 0 bridgehead atoms. The summed E-state index contributed by atoms with van der Waals surface area (Å²) in [6.07, 6.45) is -20.1. The average Bonchev–Trinajstić information content (AvgIpc) is 3.16. The van der Waals surface area contributed by atoms with Crippen LogP contribution in [-0.2, 0) is 41.6 Å².